The summed E-state index contributed by atoms with van der Waals surface area (Å²) in [5, 5.41) is 3.47. The van der Waals surface area contributed by atoms with Crippen molar-refractivity contribution in [2.24, 2.45) is 0 Å². The highest BCUT2D eigenvalue weighted by atomic mass is 35.5. The lowest BCUT2D eigenvalue weighted by Gasteiger charge is -2.34. The average Bonchev–Trinajstić information content (AvgIpc) is 3.59. The molecule has 2 amide bonds. The molecule has 1 fully saturated rings. The van der Waals surface area contributed by atoms with Crippen LogP contribution in [0.3, 0.4) is 0 Å². The van der Waals surface area contributed by atoms with Gasteiger partial charge >= 0.3 is 0 Å². The smallest absolute Gasteiger partial charge is 0.264 e. The number of amides is 2. The number of benzene rings is 4. The summed E-state index contributed by atoms with van der Waals surface area (Å²) >= 11 is 6.37. The van der Waals surface area contributed by atoms with Crippen LogP contribution in [0.15, 0.2) is 108 Å². The minimum atomic E-state index is -4.29. The third-order valence-electron chi connectivity index (χ3n) is 8.43. The van der Waals surface area contributed by atoms with Gasteiger partial charge in [-0.05, 0) is 61.2 Å². The molecule has 0 saturated heterocycles. The molecule has 0 bridgehead atoms. The Morgan fingerprint density at radius 2 is 1.55 bits per heavy atom. The van der Waals surface area contributed by atoms with Crippen molar-refractivity contribution < 1.29 is 22.7 Å². The molecule has 1 aliphatic carbocycles. The molecule has 1 saturated carbocycles. The topological polar surface area (TPSA) is 96.0 Å². The summed E-state index contributed by atoms with van der Waals surface area (Å²) in [5.41, 5.74) is 2.82. The molecule has 246 valence electrons. The second kappa shape index (κ2) is 15.5. The van der Waals surface area contributed by atoms with Crippen molar-refractivity contribution in [3.8, 4) is 5.75 Å². The quantitative estimate of drug-likeness (QED) is 0.174. The third-order valence-corrected chi connectivity index (χ3v) is 10.4. The Morgan fingerprint density at radius 3 is 2.21 bits per heavy atom. The van der Waals surface area contributed by atoms with Gasteiger partial charge in [-0.2, -0.15) is 0 Å². The van der Waals surface area contributed by atoms with Crippen LogP contribution in [-0.2, 0) is 32.6 Å². The summed E-state index contributed by atoms with van der Waals surface area (Å²) in [4.78, 5) is 30.4. The lowest BCUT2D eigenvalue weighted by atomic mass is 10.0. The average molecular weight is 674 g/mol. The molecular weight excluding hydrogens is 634 g/mol. The van der Waals surface area contributed by atoms with Crippen LogP contribution in [0, 0.1) is 6.92 Å². The van der Waals surface area contributed by atoms with Gasteiger partial charge in [0.15, 0.2) is 0 Å². The first-order valence-corrected chi connectivity index (χ1v) is 17.6. The predicted molar refractivity (Wildman–Crippen MR) is 185 cm³/mol. The first-order chi connectivity index (χ1) is 22.7. The van der Waals surface area contributed by atoms with Gasteiger partial charge in [-0.15, -0.1) is 0 Å². The molecule has 5 rings (SSSR count). The lowest BCUT2D eigenvalue weighted by Crippen LogP contribution is -2.54. The van der Waals surface area contributed by atoms with Gasteiger partial charge in [0.25, 0.3) is 10.0 Å². The number of carbonyl (C=O) groups excluding carboxylic acids is 2. The first kappa shape index (κ1) is 34.0. The minimum absolute atomic E-state index is 0.000116. The fourth-order valence-electron chi connectivity index (χ4n) is 6.02. The van der Waals surface area contributed by atoms with Crippen molar-refractivity contribution in [2.75, 3.05) is 18.0 Å². The highest BCUT2D eigenvalue weighted by molar-refractivity contribution is 7.92. The van der Waals surface area contributed by atoms with E-state index in [0.29, 0.717) is 0 Å². The van der Waals surface area contributed by atoms with Crippen LogP contribution < -0.4 is 14.4 Å². The van der Waals surface area contributed by atoms with Gasteiger partial charge in [0, 0.05) is 24.0 Å². The van der Waals surface area contributed by atoms with E-state index in [1.165, 1.54) is 30.2 Å². The van der Waals surface area contributed by atoms with Gasteiger partial charge in [0.1, 0.15) is 18.3 Å². The van der Waals surface area contributed by atoms with Crippen LogP contribution in [0.1, 0.15) is 42.4 Å². The second-order valence-electron chi connectivity index (χ2n) is 11.8. The van der Waals surface area contributed by atoms with E-state index < -0.39 is 28.5 Å². The number of hydrogen-bond donors (Lipinski definition) is 1. The number of aryl methyl sites for hydroxylation is 1. The highest BCUT2D eigenvalue weighted by Crippen LogP contribution is 2.35. The van der Waals surface area contributed by atoms with Crippen molar-refractivity contribution in [1.29, 1.82) is 0 Å². The molecule has 4 aromatic rings. The van der Waals surface area contributed by atoms with Crippen LogP contribution in [0.2, 0.25) is 5.02 Å². The third kappa shape index (κ3) is 8.53. The number of anilines is 1. The van der Waals surface area contributed by atoms with Crippen LogP contribution in [0.5, 0.6) is 5.75 Å². The molecule has 4 aromatic carbocycles. The van der Waals surface area contributed by atoms with E-state index in [1.54, 1.807) is 30.3 Å². The Bertz CT molecular complexity index is 1780. The zero-order chi connectivity index (χ0) is 33.4. The summed E-state index contributed by atoms with van der Waals surface area (Å²) < 4.78 is 35.1. The molecule has 0 aromatic heterocycles. The van der Waals surface area contributed by atoms with E-state index in [1.807, 2.05) is 61.5 Å². The summed E-state index contributed by atoms with van der Waals surface area (Å²) in [7, 11) is -2.86. The molecule has 0 heterocycles. The number of halogens is 1. The second-order valence-corrected chi connectivity index (χ2v) is 14.1. The van der Waals surface area contributed by atoms with Gasteiger partial charge in [0.2, 0.25) is 11.8 Å². The van der Waals surface area contributed by atoms with E-state index in [2.05, 4.69) is 5.32 Å². The minimum Gasteiger partial charge on any atom is -0.495 e. The largest absolute Gasteiger partial charge is 0.495 e. The maximum atomic E-state index is 14.7. The van der Waals surface area contributed by atoms with Gasteiger partial charge < -0.3 is 15.0 Å². The number of carbonyl (C=O) groups is 2. The Morgan fingerprint density at radius 1 is 0.894 bits per heavy atom. The predicted octanol–water partition coefficient (Wildman–Crippen LogP) is 6.55. The number of rotatable bonds is 13. The number of nitrogens with zero attached hydrogens (tertiary/aromatic N) is 2. The zero-order valence-electron chi connectivity index (χ0n) is 26.6. The molecule has 1 N–H and O–H groups in total. The Labute approximate surface area is 282 Å². The molecular formula is C37H40ClN3O5S. The SMILES string of the molecule is COc1ccc(Cl)cc1N(CC(=O)N(Cc1cccc(C)c1)[C@H](Cc1ccccc1)C(=O)NC1CCCC1)S(=O)(=O)c1ccccc1. The molecule has 1 aliphatic rings. The fourth-order valence-corrected chi connectivity index (χ4v) is 7.62. The normalized spacial score (nSPS) is 13.9. The van der Waals surface area contributed by atoms with Crippen molar-refractivity contribution >= 4 is 39.1 Å². The van der Waals surface area contributed by atoms with Gasteiger partial charge in [0.05, 0.1) is 17.7 Å². The van der Waals surface area contributed by atoms with E-state index in [0.717, 1.165) is 46.7 Å². The fraction of sp³-hybridized carbons (Fsp3) is 0.297. The summed E-state index contributed by atoms with van der Waals surface area (Å²) in [6.45, 7) is 1.47. The van der Waals surface area contributed by atoms with Crippen LogP contribution >= 0.6 is 11.6 Å². The summed E-state index contributed by atoms with van der Waals surface area (Å²) in [5.74, 6) is -0.582. The van der Waals surface area contributed by atoms with Crippen molar-refractivity contribution in [2.45, 2.75) is 62.6 Å². The first-order valence-electron chi connectivity index (χ1n) is 15.8. The van der Waals surface area contributed by atoms with Crippen molar-refractivity contribution in [1.82, 2.24) is 10.2 Å². The van der Waals surface area contributed by atoms with Gasteiger partial charge in [-0.25, -0.2) is 8.42 Å². The van der Waals surface area contributed by atoms with Crippen LogP contribution in [0.25, 0.3) is 0 Å². The van der Waals surface area contributed by atoms with E-state index in [9.17, 15) is 18.0 Å². The number of methoxy groups -OCH3 is 1. The monoisotopic (exact) mass is 673 g/mol. The van der Waals surface area contributed by atoms with E-state index in [-0.39, 0.29) is 46.3 Å². The van der Waals surface area contributed by atoms with Gasteiger partial charge in [-0.1, -0.05) is 103 Å². The molecule has 0 unspecified atom stereocenters. The number of nitrogens with one attached hydrogen (secondary N) is 1. The molecule has 0 aliphatic heterocycles. The van der Waals surface area contributed by atoms with Gasteiger partial charge in [-0.3, -0.25) is 13.9 Å². The maximum Gasteiger partial charge on any atom is 0.264 e. The van der Waals surface area contributed by atoms with Crippen LogP contribution in [-0.4, -0.2) is 50.9 Å². The Kier molecular flexibility index (Phi) is 11.2. The number of ether oxygens (including phenoxy) is 1. The molecule has 0 radical (unpaired) electrons. The van der Waals surface area contributed by atoms with E-state index >= 15 is 0 Å². The molecule has 47 heavy (non-hydrogen) atoms. The Hall–Kier alpha value is -4.34. The Balaban J connectivity index is 1.60. The molecule has 8 nitrogen and oxygen atoms in total. The maximum absolute atomic E-state index is 14.7. The number of sulfonamides is 1. The van der Waals surface area contributed by atoms with Crippen molar-refractivity contribution in [3.63, 3.8) is 0 Å². The summed E-state index contributed by atoms with van der Waals surface area (Å²) in [6, 6.07) is 28.9. The summed E-state index contributed by atoms with van der Waals surface area (Å²) in [6.07, 6.45) is 4.09. The molecule has 1 atom stereocenters. The lowest BCUT2D eigenvalue weighted by molar-refractivity contribution is -0.140. The van der Waals surface area contributed by atoms with Crippen molar-refractivity contribution in [3.05, 3.63) is 125 Å². The van der Waals surface area contributed by atoms with Crippen LogP contribution in [0.4, 0.5) is 5.69 Å². The van der Waals surface area contributed by atoms with E-state index in [4.69, 9.17) is 16.3 Å². The molecule has 0 spiro atoms. The highest BCUT2D eigenvalue weighted by Gasteiger charge is 2.36. The molecule has 10 heteroatoms. The zero-order valence-corrected chi connectivity index (χ0v) is 28.2. The standard InChI is InChI=1S/C37H40ClN3O5S/c1-27-12-11-15-29(22-27)25-40(34(23-28-13-5-3-6-14-28)37(43)39-31-16-9-10-17-31)36(42)26-41(33-24-30(38)20-21-35(33)46-2)47(44,45)32-18-7-4-8-19-32/h3-8,11-15,18-22,24,31,34H,9-10,16-17,23,25-26H2,1-2H3,(H,39,43)/t34-/m1/s1. The number of hydrogen-bond acceptors (Lipinski definition) is 5.